The van der Waals surface area contributed by atoms with Gasteiger partial charge in [-0.05, 0) is 34.1 Å². The first kappa shape index (κ1) is 9.36. The highest BCUT2D eigenvalue weighted by atomic mass is 79.9. The molecule has 3 aromatic rings. The Bertz CT molecular complexity index is 658. The molecule has 0 aliphatic heterocycles. The molecule has 1 aromatic carbocycles. The first-order valence-electron chi connectivity index (χ1n) is 4.46. The lowest BCUT2D eigenvalue weighted by molar-refractivity contribution is 1.35. The van der Waals surface area contributed by atoms with Crippen LogP contribution in [0.3, 0.4) is 0 Å². The normalized spacial score (nSPS) is 11.3. The quantitative estimate of drug-likeness (QED) is 0.658. The number of aromatic amines is 1. The van der Waals surface area contributed by atoms with E-state index < -0.39 is 0 Å². The zero-order valence-electron chi connectivity index (χ0n) is 7.59. The molecule has 1 N–H and O–H groups in total. The number of aromatic nitrogens is 2. The SMILES string of the molecule is Brc1cc(Br)c2[nH]c3cnccc3c2c1. The minimum atomic E-state index is 1.06. The highest BCUT2D eigenvalue weighted by Crippen LogP contribution is 2.32. The van der Waals surface area contributed by atoms with Crippen molar-refractivity contribution in [2.75, 3.05) is 0 Å². The lowest BCUT2D eigenvalue weighted by Crippen LogP contribution is -1.71. The van der Waals surface area contributed by atoms with Gasteiger partial charge in [-0.1, -0.05) is 15.9 Å². The number of hydrogen-bond acceptors (Lipinski definition) is 1. The van der Waals surface area contributed by atoms with Crippen LogP contribution in [0.25, 0.3) is 21.8 Å². The molecule has 3 rings (SSSR count). The Kier molecular flexibility index (Phi) is 2.07. The lowest BCUT2D eigenvalue weighted by Gasteiger charge is -1.95. The summed E-state index contributed by atoms with van der Waals surface area (Å²) in [6.07, 6.45) is 3.65. The second-order valence-corrected chi connectivity index (χ2v) is 5.13. The van der Waals surface area contributed by atoms with Crippen LogP contribution in [0.15, 0.2) is 39.5 Å². The topological polar surface area (TPSA) is 28.7 Å². The van der Waals surface area contributed by atoms with Gasteiger partial charge in [-0.3, -0.25) is 4.98 Å². The summed E-state index contributed by atoms with van der Waals surface area (Å²) in [5.74, 6) is 0. The fourth-order valence-corrected chi connectivity index (χ4v) is 3.10. The van der Waals surface area contributed by atoms with E-state index in [0.29, 0.717) is 0 Å². The van der Waals surface area contributed by atoms with Crippen molar-refractivity contribution >= 4 is 53.7 Å². The Morgan fingerprint density at radius 1 is 1.13 bits per heavy atom. The van der Waals surface area contributed by atoms with Crippen LogP contribution in [0.1, 0.15) is 0 Å². The molecule has 0 saturated carbocycles. The molecule has 74 valence electrons. The summed E-state index contributed by atoms with van der Waals surface area (Å²) in [7, 11) is 0. The summed E-state index contributed by atoms with van der Waals surface area (Å²) in [6.45, 7) is 0. The Hall–Kier alpha value is -0.870. The number of H-pyrrole nitrogens is 1. The zero-order chi connectivity index (χ0) is 10.4. The van der Waals surface area contributed by atoms with Crippen molar-refractivity contribution in [2.45, 2.75) is 0 Å². The average Bonchev–Trinajstić information content (AvgIpc) is 2.57. The van der Waals surface area contributed by atoms with Crippen molar-refractivity contribution in [3.8, 4) is 0 Å². The van der Waals surface area contributed by atoms with Crippen molar-refractivity contribution < 1.29 is 0 Å². The summed E-state index contributed by atoms with van der Waals surface area (Å²) >= 11 is 7.04. The van der Waals surface area contributed by atoms with Crippen LogP contribution in [0.2, 0.25) is 0 Å². The van der Waals surface area contributed by atoms with Crippen LogP contribution >= 0.6 is 31.9 Å². The monoisotopic (exact) mass is 324 g/mol. The van der Waals surface area contributed by atoms with Crippen molar-refractivity contribution in [3.63, 3.8) is 0 Å². The van der Waals surface area contributed by atoms with Crippen molar-refractivity contribution in [1.82, 2.24) is 9.97 Å². The van der Waals surface area contributed by atoms with E-state index in [0.717, 1.165) is 20.0 Å². The second kappa shape index (κ2) is 3.32. The summed E-state index contributed by atoms with van der Waals surface area (Å²) in [5.41, 5.74) is 2.17. The maximum absolute atomic E-state index is 4.10. The van der Waals surface area contributed by atoms with Gasteiger partial charge < -0.3 is 4.98 Å². The van der Waals surface area contributed by atoms with E-state index in [1.54, 1.807) is 0 Å². The summed E-state index contributed by atoms with van der Waals surface area (Å²) in [4.78, 5) is 7.45. The van der Waals surface area contributed by atoms with Gasteiger partial charge in [0.05, 0.1) is 17.2 Å². The van der Waals surface area contributed by atoms with Crippen molar-refractivity contribution in [1.29, 1.82) is 0 Å². The number of halogens is 2. The number of hydrogen-bond donors (Lipinski definition) is 1. The Morgan fingerprint density at radius 3 is 2.87 bits per heavy atom. The van der Waals surface area contributed by atoms with E-state index in [1.807, 2.05) is 24.5 Å². The lowest BCUT2D eigenvalue weighted by atomic mass is 10.2. The Balaban J connectivity index is 2.61. The van der Waals surface area contributed by atoms with E-state index in [2.05, 4.69) is 47.9 Å². The molecule has 2 nitrogen and oxygen atoms in total. The van der Waals surface area contributed by atoms with Crippen LogP contribution < -0.4 is 0 Å². The van der Waals surface area contributed by atoms with Crippen molar-refractivity contribution in [3.05, 3.63) is 39.5 Å². The second-order valence-electron chi connectivity index (χ2n) is 3.36. The number of fused-ring (bicyclic) bond motifs is 3. The molecule has 0 atom stereocenters. The molecule has 0 unspecified atom stereocenters. The molecule has 2 heterocycles. The maximum Gasteiger partial charge on any atom is 0.0651 e. The number of nitrogens with one attached hydrogen (secondary N) is 1. The largest absolute Gasteiger partial charge is 0.352 e. The van der Waals surface area contributed by atoms with Gasteiger partial charge in [-0.25, -0.2) is 0 Å². The summed E-state index contributed by atoms with van der Waals surface area (Å²) < 4.78 is 2.13. The van der Waals surface area contributed by atoms with Crippen LogP contribution in [-0.2, 0) is 0 Å². The van der Waals surface area contributed by atoms with Crippen LogP contribution in [0.4, 0.5) is 0 Å². The highest BCUT2D eigenvalue weighted by molar-refractivity contribution is 9.11. The van der Waals surface area contributed by atoms with E-state index >= 15 is 0 Å². The Morgan fingerprint density at radius 2 is 2.00 bits per heavy atom. The molecule has 0 radical (unpaired) electrons. The third-order valence-electron chi connectivity index (χ3n) is 2.43. The minimum Gasteiger partial charge on any atom is -0.352 e. The van der Waals surface area contributed by atoms with Gasteiger partial charge in [0.15, 0.2) is 0 Å². The van der Waals surface area contributed by atoms with E-state index in [1.165, 1.54) is 10.8 Å². The van der Waals surface area contributed by atoms with Gasteiger partial charge in [-0.15, -0.1) is 0 Å². The zero-order valence-corrected chi connectivity index (χ0v) is 10.8. The Labute approximate surface area is 103 Å². The van der Waals surface area contributed by atoms with Gasteiger partial charge in [-0.2, -0.15) is 0 Å². The molecular formula is C11H6Br2N2. The number of rotatable bonds is 0. The molecular weight excluding hydrogens is 320 g/mol. The van der Waals surface area contributed by atoms with Crippen LogP contribution in [0.5, 0.6) is 0 Å². The maximum atomic E-state index is 4.10. The molecule has 0 spiro atoms. The smallest absolute Gasteiger partial charge is 0.0651 e. The number of pyridine rings is 1. The molecule has 0 bridgehead atoms. The first-order valence-corrected chi connectivity index (χ1v) is 6.05. The first-order chi connectivity index (χ1) is 7.25. The number of benzene rings is 1. The molecule has 2 aromatic heterocycles. The molecule has 0 saturated heterocycles. The van der Waals surface area contributed by atoms with Gasteiger partial charge >= 0.3 is 0 Å². The molecule has 0 amide bonds. The van der Waals surface area contributed by atoms with E-state index in [4.69, 9.17) is 0 Å². The number of nitrogens with zero attached hydrogens (tertiary/aromatic N) is 1. The fourth-order valence-electron chi connectivity index (χ4n) is 1.78. The highest BCUT2D eigenvalue weighted by Gasteiger charge is 2.07. The predicted molar refractivity (Wildman–Crippen MR) is 69.0 cm³/mol. The molecule has 0 fully saturated rings. The van der Waals surface area contributed by atoms with Gasteiger partial charge in [0.1, 0.15) is 0 Å². The third-order valence-corrected chi connectivity index (χ3v) is 3.51. The van der Waals surface area contributed by atoms with Crippen LogP contribution in [-0.4, -0.2) is 9.97 Å². The van der Waals surface area contributed by atoms with E-state index in [-0.39, 0.29) is 0 Å². The molecule has 0 aliphatic rings. The molecule has 0 aliphatic carbocycles. The van der Waals surface area contributed by atoms with Gasteiger partial charge in [0.2, 0.25) is 0 Å². The standard InChI is InChI=1S/C11H6Br2N2/c12-6-3-8-7-1-2-14-5-10(7)15-11(8)9(13)4-6/h1-5,15H. The summed E-state index contributed by atoms with van der Waals surface area (Å²) in [6, 6.07) is 6.16. The minimum absolute atomic E-state index is 1.06. The predicted octanol–water partition coefficient (Wildman–Crippen LogP) is 4.24. The van der Waals surface area contributed by atoms with Gasteiger partial charge in [0.25, 0.3) is 0 Å². The average molecular weight is 326 g/mol. The molecule has 15 heavy (non-hydrogen) atoms. The van der Waals surface area contributed by atoms with E-state index in [9.17, 15) is 0 Å². The third kappa shape index (κ3) is 1.40. The summed E-state index contributed by atoms with van der Waals surface area (Å²) in [5, 5.41) is 2.40. The van der Waals surface area contributed by atoms with Crippen molar-refractivity contribution in [2.24, 2.45) is 0 Å². The van der Waals surface area contributed by atoms with Crippen LogP contribution in [0, 0.1) is 0 Å². The van der Waals surface area contributed by atoms with Gasteiger partial charge in [0, 0.05) is 25.9 Å². The molecule has 4 heteroatoms. The fraction of sp³-hybridized carbons (Fsp3) is 0.